The molecule has 22 heavy (non-hydrogen) atoms. The molecule has 3 nitrogen and oxygen atoms in total. The van der Waals surface area contributed by atoms with Crippen molar-refractivity contribution in [1.82, 2.24) is 0 Å². The molecule has 0 bridgehead atoms. The fourth-order valence-corrected chi connectivity index (χ4v) is 3.49. The van der Waals surface area contributed by atoms with Crippen LogP contribution in [-0.4, -0.2) is 8.42 Å². The monoisotopic (exact) mass is 376 g/mol. The smallest absolute Gasteiger partial charge is 0.339 e. The highest BCUT2D eigenvalue weighted by molar-refractivity contribution is 9.10. The van der Waals surface area contributed by atoms with Gasteiger partial charge in [-0.1, -0.05) is 52.3 Å². The molecule has 0 N–H and O–H groups in total. The van der Waals surface area contributed by atoms with Crippen molar-refractivity contribution in [2.75, 3.05) is 0 Å². The molecule has 0 saturated heterocycles. The lowest BCUT2D eigenvalue weighted by Gasteiger charge is -2.10. The van der Waals surface area contributed by atoms with Crippen molar-refractivity contribution >= 4 is 36.8 Å². The quantitative estimate of drug-likeness (QED) is 0.623. The van der Waals surface area contributed by atoms with Gasteiger partial charge in [-0.2, -0.15) is 8.42 Å². The first-order valence-electron chi connectivity index (χ1n) is 6.66. The molecule has 0 aromatic heterocycles. The van der Waals surface area contributed by atoms with Gasteiger partial charge >= 0.3 is 10.1 Å². The van der Waals surface area contributed by atoms with Crippen molar-refractivity contribution in [2.45, 2.75) is 11.8 Å². The summed E-state index contributed by atoms with van der Waals surface area (Å²) in [4.78, 5) is 0.140. The van der Waals surface area contributed by atoms with Crippen LogP contribution >= 0.6 is 15.9 Å². The predicted octanol–water partition coefficient (Wildman–Crippen LogP) is 4.68. The number of hydrogen-bond donors (Lipinski definition) is 0. The summed E-state index contributed by atoms with van der Waals surface area (Å²) in [6, 6.07) is 17.7. The topological polar surface area (TPSA) is 43.4 Å². The maximum Gasteiger partial charge on any atom is 0.339 e. The van der Waals surface area contributed by atoms with Crippen LogP contribution in [0.5, 0.6) is 5.75 Å². The van der Waals surface area contributed by atoms with Crippen molar-refractivity contribution in [3.8, 4) is 5.75 Å². The number of rotatable bonds is 3. The average molecular weight is 377 g/mol. The summed E-state index contributed by atoms with van der Waals surface area (Å²) in [5.41, 5.74) is 0.836. The lowest BCUT2D eigenvalue weighted by molar-refractivity contribution is 0.488. The second kappa shape index (κ2) is 5.74. The van der Waals surface area contributed by atoms with Gasteiger partial charge in [-0.25, -0.2) is 0 Å². The first kappa shape index (κ1) is 15.1. The van der Waals surface area contributed by atoms with Crippen LogP contribution in [0.2, 0.25) is 0 Å². The van der Waals surface area contributed by atoms with E-state index in [4.69, 9.17) is 4.18 Å². The molecule has 0 aliphatic heterocycles. The summed E-state index contributed by atoms with van der Waals surface area (Å²) in [5, 5.41) is 1.70. The Kier molecular flexibility index (Phi) is 3.93. The number of benzene rings is 3. The number of fused-ring (bicyclic) bond motifs is 1. The molecule has 0 unspecified atom stereocenters. The Balaban J connectivity index is 2.05. The zero-order valence-corrected chi connectivity index (χ0v) is 14.2. The number of halogens is 1. The second-order valence-electron chi connectivity index (χ2n) is 4.93. The van der Waals surface area contributed by atoms with Crippen LogP contribution < -0.4 is 4.18 Å². The van der Waals surface area contributed by atoms with Gasteiger partial charge in [0, 0.05) is 9.86 Å². The molecule has 0 aliphatic carbocycles. The van der Waals surface area contributed by atoms with E-state index in [9.17, 15) is 8.42 Å². The summed E-state index contributed by atoms with van der Waals surface area (Å²) in [5.74, 6) is 0.332. The third-order valence-corrected chi connectivity index (χ3v) is 5.49. The van der Waals surface area contributed by atoms with E-state index >= 15 is 0 Å². The van der Waals surface area contributed by atoms with Gasteiger partial charge in [0.25, 0.3) is 0 Å². The summed E-state index contributed by atoms with van der Waals surface area (Å²) in [6.07, 6.45) is 0. The Labute approximate surface area is 137 Å². The molecule has 3 aromatic carbocycles. The standard InChI is InChI=1S/C17H13BrO3S/c1-12-11-14(9-10-16(12)18)22(19,20)21-17-8-4-6-13-5-2-3-7-15(13)17/h2-11H,1H3. The first-order chi connectivity index (χ1) is 10.5. The molecule has 0 radical (unpaired) electrons. The minimum Gasteiger partial charge on any atom is -0.378 e. The number of hydrogen-bond acceptors (Lipinski definition) is 3. The Morgan fingerprint density at radius 2 is 1.68 bits per heavy atom. The summed E-state index contributed by atoms with van der Waals surface area (Å²) < 4.78 is 31.2. The van der Waals surface area contributed by atoms with Gasteiger partial charge in [-0.05, 0) is 42.1 Å². The Morgan fingerprint density at radius 3 is 2.45 bits per heavy atom. The zero-order chi connectivity index (χ0) is 15.7. The van der Waals surface area contributed by atoms with Crippen molar-refractivity contribution in [3.63, 3.8) is 0 Å². The van der Waals surface area contributed by atoms with Gasteiger partial charge in [0.15, 0.2) is 5.75 Å². The van der Waals surface area contributed by atoms with Gasteiger partial charge in [-0.15, -0.1) is 0 Å². The molecule has 0 amide bonds. The van der Waals surface area contributed by atoms with Gasteiger partial charge in [0.1, 0.15) is 4.90 Å². The predicted molar refractivity (Wildman–Crippen MR) is 90.6 cm³/mol. The Hall–Kier alpha value is -1.85. The molecule has 0 aliphatic rings. The van der Waals surface area contributed by atoms with Crippen molar-refractivity contribution in [2.24, 2.45) is 0 Å². The zero-order valence-electron chi connectivity index (χ0n) is 11.8. The van der Waals surface area contributed by atoms with E-state index in [1.807, 2.05) is 37.3 Å². The largest absolute Gasteiger partial charge is 0.378 e. The second-order valence-corrected chi connectivity index (χ2v) is 7.33. The van der Waals surface area contributed by atoms with Crippen LogP contribution in [0.25, 0.3) is 10.8 Å². The van der Waals surface area contributed by atoms with Crippen LogP contribution in [-0.2, 0) is 10.1 Å². The molecule has 112 valence electrons. The van der Waals surface area contributed by atoms with E-state index in [0.29, 0.717) is 5.75 Å². The summed E-state index contributed by atoms with van der Waals surface area (Å²) in [6.45, 7) is 1.83. The summed E-state index contributed by atoms with van der Waals surface area (Å²) in [7, 11) is -3.86. The molecule has 0 heterocycles. The van der Waals surface area contributed by atoms with Crippen LogP contribution in [0.15, 0.2) is 70.0 Å². The van der Waals surface area contributed by atoms with Crippen LogP contribution in [0.3, 0.4) is 0 Å². The summed E-state index contributed by atoms with van der Waals surface area (Å²) >= 11 is 3.36. The van der Waals surface area contributed by atoms with E-state index in [-0.39, 0.29) is 4.90 Å². The average Bonchev–Trinajstić information content (AvgIpc) is 2.50. The minimum atomic E-state index is -3.86. The highest BCUT2D eigenvalue weighted by atomic mass is 79.9. The van der Waals surface area contributed by atoms with Gasteiger partial charge in [-0.3, -0.25) is 0 Å². The first-order valence-corrected chi connectivity index (χ1v) is 8.86. The van der Waals surface area contributed by atoms with E-state index in [0.717, 1.165) is 20.8 Å². The molecule has 3 rings (SSSR count). The number of aryl methyl sites for hydroxylation is 1. The van der Waals surface area contributed by atoms with Gasteiger partial charge in [0.2, 0.25) is 0 Å². The maximum absolute atomic E-state index is 12.5. The van der Waals surface area contributed by atoms with Crippen LogP contribution in [0, 0.1) is 6.92 Å². The van der Waals surface area contributed by atoms with Crippen molar-refractivity contribution in [1.29, 1.82) is 0 Å². The van der Waals surface area contributed by atoms with Crippen LogP contribution in [0.1, 0.15) is 5.56 Å². The lowest BCUT2D eigenvalue weighted by atomic mass is 10.1. The molecule has 0 fully saturated rings. The maximum atomic E-state index is 12.5. The normalized spacial score (nSPS) is 11.5. The highest BCUT2D eigenvalue weighted by Gasteiger charge is 2.18. The molecule has 5 heteroatoms. The highest BCUT2D eigenvalue weighted by Crippen LogP contribution is 2.29. The van der Waals surface area contributed by atoms with Gasteiger partial charge < -0.3 is 4.18 Å². The third-order valence-electron chi connectivity index (χ3n) is 3.37. The van der Waals surface area contributed by atoms with Crippen molar-refractivity contribution < 1.29 is 12.6 Å². The van der Waals surface area contributed by atoms with Crippen molar-refractivity contribution in [3.05, 3.63) is 70.7 Å². The molecule has 0 atom stereocenters. The lowest BCUT2D eigenvalue weighted by Crippen LogP contribution is -2.10. The Bertz CT molecular complexity index is 944. The fraction of sp³-hybridized carbons (Fsp3) is 0.0588. The molecule has 3 aromatic rings. The van der Waals surface area contributed by atoms with E-state index in [2.05, 4.69) is 15.9 Å². The Morgan fingerprint density at radius 1 is 0.955 bits per heavy atom. The molecule has 0 saturated carbocycles. The third kappa shape index (κ3) is 2.87. The molecule has 0 spiro atoms. The van der Waals surface area contributed by atoms with E-state index in [1.165, 1.54) is 6.07 Å². The van der Waals surface area contributed by atoms with E-state index < -0.39 is 10.1 Å². The molecular formula is C17H13BrO3S. The van der Waals surface area contributed by atoms with Crippen LogP contribution in [0.4, 0.5) is 0 Å². The molecular weight excluding hydrogens is 364 g/mol. The minimum absolute atomic E-state index is 0.140. The van der Waals surface area contributed by atoms with E-state index in [1.54, 1.807) is 24.3 Å². The SMILES string of the molecule is Cc1cc(S(=O)(=O)Oc2cccc3ccccc23)ccc1Br. The fourth-order valence-electron chi connectivity index (χ4n) is 2.21. The van der Waals surface area contributed by atoms with Gasteiger partial charge in [0.05, 0.1) is 0 Å².